The molecule has 0 spiro atoms. The average molecular weight is 335 g/mol. The third kappa shape index (κ3) is 3.88. The van der Waals surface area contributed by atoms with Crippen LogP contribution in [-0.2, 0) is 17.9 Å². The number of benzene rings is 1. The molecule has 0 unspecified atom stereocenters. The van der Waals surface area contributed by atoms with Gasteiger partial charge in [0, 0.05) is 6.20 Å². The molecule has 0 fully saturated rings. The molecule has 0 radical (unpaired) electrons. The van der Waals surface area contributed by atoms with Crippen molar-refractivity contribution in [3.8, 4) is 0 Å². The standard InChI is InChI=1S/C20H21N3O2/c1-3-20(24)22(16(2)19-10-7-13-25-19)15-18-11-12-21-23(18)14-17-8-5-4-6-9-17/h3-13,16H,1,14-15H2,2H3/t16-/m0/s1. The Labute approximate surface area is 147 Å². The Kier molecular flexibility index (Phi) is 5.14. The third-order valence-electron chi connectivity index (χ3n) is 4.19. The molecule has 2 aromatic heterocycles. The Morgan fingerprint density at radius 3 is 2.76 bits per heavy atom. The zero-order valence-corrected chi connectivity index (χ0v) is 14.2. The van der Waals surface area contributed by atoms with Gasteiger partial charge < -0.3 is 9.32 Å². The van der Waals surface area contributed by atoms with Gasteiger partial charge in [0.25, 0.3) is 0 Å². The van der Waals surface area contributed by atoms with Crippen molar-refractivity contribution >= 4 is 5.91 Å². The van der Waals surface area contributed by atoms with Crippen molar-refractivity contribution in [2.75, 3.05) is 0 Å². The topological polar surface area (TPSA) is 51.3 Å². The third-order valence-corrected chi connectivity index (χ3v) is 4.19. The van der Waals surface area contributed by atoms with Crippen LogP contribution in [0.4, 0.5) is 0 Å². The molecule has 25 heavy (non-hydrogen) atoms. The van der Waals surface area contributed by atoms with E-state index < -0.39 is 0 Å². The molecule has 2 heterocycles. The van der Waals surface area contributed by atoms with Gasteiger partial charge in [0.1, 0.15) is 5.76 Å². The van der Waals surface area contributed by atoms with Crippen molar-refractivity contribution in [3.05, 3.63) is 90.7 Å². The summed E-state index contributed by atoms with van der Waals surface area (Å²) in [4.78, 5) is 14.1. The predicted molar refractivity (Wildman–Crippen MR) is 95.6 cm³/mol. The fraction of sp³-hybridized carbons (Fsp3) is 0.200. The van der Waals surface area contributed by atoms with E-state index in [1.165, 1.54) is 6.08 Å². The highest BCUT2D eigenvalue weighted by Crippen LogP contribution is 2.23. The summed E-state index contributed by atoms with van der Waals surface area (Å²) in [6.45, 7) is 6.65. The van der Waals surface area contributed by atoms with E-state index in [1.807, 2.05) is 48.0 Å². The van der Waals surface area contributed by atoms with Crippen LogP contribution in [0.5, 0.6) is 0 Å². The highest BCUT2D eigenvalue weighted by atomic mass is 16.3. The normalized spacial score (nSPS) is 11.9. The second kappa shape index (κ2) is 7.66. The summed E-state index contributed by atoms with van der Waals surface area (Å²) >= 11 is 0. The summed E-state index contributed by atoms with van der Waals surface area (Å²) in [6.07, 6.45) is 4.70. The van der Waals surface area contributed by atoms with Crippen molar-refractivity contribution in [3.63, 3.8) is 0 Å². The molecular weight excluding hydrogens is 314 g/mol. The van der Waals surface area contributed by atoms with Crippen LogP contribution in [0, 0.1) is 0 Å². The second-order valence-electron chi connectivity index (χ2n) is 5.83. The van der Waals surface area contributed by atoms with E-state index in [0.29, 0.717) is 13.1 Å². The first-order valence-electron chi connectivity index (χ1n) is 8.20. The summed E-state index contributed by atoms with van der Waals surface area (Å²) in [7, 11) is 0. The average Bonchev–Trinajstić information content (AvgIpc) is 3.31. The molecule has 0 saturated carbocycles. The maximum Gasteiger partial charge on any atom is 0.246 e. The molecule has 5 nitrogen and oxygen atoms in total. The summed E-state index contributed by atoms with van der Waals surface area (Å²) in [5.74, 6) is 0.598. The zero-order chi connectivity index (χ0) is 17.6. The Hall–Kier alpha value is -3.08. The maximum atomic E-state index is 12.4. The minimum absolute atomic E-state index is 0.142. The largest absolute Gasteiger partial charge is 0.467 e. The first kappa shape index (κ1) is 16.8. The van der Waals surface area contributed by atoms with E-state index in [0.717, 1.165) is 17.0 Å². The van der Waals surface area contributed by atoms with Gasteiger partial charge in [0.05, 0.1) is 31.1 Å². The van der Waals surface area contributed by atoms with Crippen LogP contribution < -0.4 is 0 Å². The van der Waals surface area contributed by atoms with E-state index in [1.54, 1.807) is 17.4 Å². The second-order valence-corrected chi connectivity index (χ2v) is 5.83. The van der Waals surface area contributed by atoms with Gasteiger partial charge in [-0.2, -0.15) is 5.10 Å². The van der Waals surface area contributed by atoms with Crippen molar-refractivity contribution in [2.24, 2.45) is 0 Å². The van der Waals surface area contributed by atoms with Crippen LogP contribution in [0.15, 0.2) is 78.1 Å². The Balaban J connectivity index is 1.82. The molecule has 3 aromatic rings. The van der Waals surface area contributed by atoms with Crippen molar-refractivity contribution in [2.45, 2.75) is 26.1 Å². The fourth-order valence-electron chi connectivity index (χ4n) is 2.77. The molecule has 0 bridgehead atoms. The van der Waals surface area contributed by atoms with E-state index >= 15 is 0 Å². The number of amides is 1. The molecule has 1 atom stereocenters. The minimum atomic E-state index is -0.194. The van der Waals surface area contributed by atoms with E-state index in [2.05, 4.69) is 23.8 Å². The number of carbonyl (C=O) groups excluding carboxylic acids is 1. The molecule has 1 aromatic carbocycles. The van der Waals surface area contributed by atoms with Crippen LogP contribution in [0.25, 0.3) is 0 Å². The Morgan fingerprint density at radius 1 is 1.28 bits per heavy atom. The minimum Gasteiger partial charge on any atom is -0.467 e. The molecule has 128 valence electrons. The summed E-state index contributed by atoms with van der Waals surface area (Å²) in [6, 6.07) is 15.5. The number of nitrogens with zero attached hydrogens (tertiary/aromatic N) is 3. The van der Waals surface area contributed by atoms with E-state index in [4.69, 9.17) is 4.42 Å². The lowest BCUT2D eigenvalue weighted by Gasteiger charge is -2.27. The van der Waals surface area contributed by atoms with Gasteiger partial charge in [-0.05, 0) is 36.8 Å². The number of carbonyl (C=O) groups is 1. The first-order chi connectivity index (χ1) is 12.2. The van der Waals surface area contributed by atoms with Gasteiger partial charge in [-0.3, -0.25) is 9.48 Å². The lowest BCUT2D eigenvalue weighted by Crippen LogP contribution is -2.32. The molecule has 0 N–H and O–H groups in total. The highest BCUT2D eigenvalue weighted by molar-refractivity contribution is 5.87. The summed E-state index contributed by atoms with van der Waals surface area (Å²) in [5, 5.41) is 4.40. The maximum absolute atomic E-state index is 12.4. The number of aromatic nitrogens is 2. The predicted octanol–water partition coefficient (Wildman–Crippen LogP) is 3.80. The van der Waals surface area contributed by atoms with E-state index in [-0.39, 0.29) is 11.9 Å². The molecule has 0 aliphatic rings. The van der Waals surface area contributed by atoms with E-state index in [9.17, 15) is 4.79 Å². The van der Waals surface area contributed by atoms with Gasteiger partial charge >= 0.3 is 0 Å². The number of rotatable bonds is 7. The van der Waals surface area contributed by atoms with Gasteiger partial charge in [-0.25, -0.2) is 0 Å². The first-order valence-corrected chi connectivity index (χ1v) is 8.20. The SMILES string of the molecule is C=CC(=O)N(Cc1ccnn1Cc1ccccc1)[C@@H](C)c1ccco1. The van der Waals surface area contributed by atoms with Gasteiger partial charge in [-0.15, -0.1) is 0 Å². The van der Waals surface area contributed by atoms with Gasteiger partial charge in [0.2, 0.25) is 5.91 Å². The monoisotopic (exact) mass is 335 g/mol. The van der Waals surface area contributed by atoms with Gasteiger partial charge in [-0.1, -0.05) is 36.9 Å². The van der Waals surface area contributed by atoms with Crippen LogP contribution in [-0.4, -0.2) is 20.6 Å². The zero-order valence-electron chi connectivity index (χ0n) is 14.2. The molecule has 0 aliphatic heterocycles. The highest BCUT2D eigenvalue weighted by Gasteiger charge is 2.23. The number of hydrogen-bond donors (Lipinski definition) is 0. The van der Waals surface area contributed by atoms with Gasteiger partial charge in [0.15, 0.2) is 0 Å². The fourth-order valence-corrected chi connectivity index (χ4v) is 2.77. The quantitative estimate of drug-likeness (QED) is 0.617. The summed E-state index contributed by atoms with van der Waals surface area (Å²) < 4.78 is 7.38. The molecule has 0 aliphatic carbocycles. The van der Waals surface area contributed by atoms with Crippen LogP contribution in [0.1, 0.15) is 30.0 Å². The van der Waals surface area contributed by atoms with Crippen LogP contribution in [0.2, 0.25) is 0 Å². The Bertz CT molecular complexity index is 822. The smallest absolute Gasteiger partial charge is 0.246 e. The molecule has 5 heteroatoms. The van der Waals surface area contributed by atoms with Crippen molar-refractivity contribution in [1.29, 1.82) is 0 Å². The molecule has 3 rings (SSSR count). The number of hydrogen-bond acceptors (Lipinski definition) is 3. The lowest BCUT2D eigenvalue weighted by atomic mass is 10.2. The van der Waals surface area contributed by atoms with Crippen LogP contribution >= 0.6 is 0 Å². The molecule has 0 saturated heterocycles. The molecule has 1 amide bonds. The van der Waals surface area contributed by atoms with Crippen molar-refractivity contribution < 1.29 is 9.21 Å². The lowest BCUT2D eigenvalue weighted by molar-refractivity contribution is -0.129. The van der Waals surface area contributed by atoms with Crippen LogP contribution in [0.3, 0.4) is 0 Å². The van der Waals surface area contributed by atoms with Crippen molar-refractivity contribution in [1.82, 2.24) is 14.7 Å². The number of furan rings is 1. The summed E-state index contributed by atoms with van der Waals surface area (Å²) in [5.41, 5.74) is 2.12. The Morgan fingerprint density at radius 2 is 2.08 bits per heavy atom. The molecular formula is C20H21N3O2.